The molecule has 304 valence electrons. The molecule has 58 heavy (non-hydrogen) atoms. The van der Waals surface area contributed by atoms with Gasteiger partial charge in [0.1, 0.15) is 34.5 Å². The van der Waals surface area contributed by atoms with Gasteiger partial charge in [0.05, 0.1) is 31.2 Å². The number of hydrogen-bond donors (Lipinski definition) is 1. The number of esters is 1. The number of hydrogen-bond acceptors (Lipinski definition) is 11. The predicted octanol–water partition coefficient (Wildman–Crippen LogP) is 9.51. The second kappa shape index (κ2) is 19.5. The van der Waals surface area contributed by atoms with Crippen LogP contribution in [0.1, 0.15) is 57.5 Å². The first-order valence-electron chi connectivity index (χ1n) is 19.0. The minimum Gasteiger partial charge on any atom is -0.493 e. The Bertz CT molecular complexity index is 2210. The highest BCUT2D eigenvalue weighted by molar-refractivity contribution is 5.79. The lowest BCUT2D eigenvalue weighted by atomic mass is 10.1. The highest BCUT2D eigenvalue weighted by atomic mass is 16.6. The number of aromatic nitrogens is 2. The van der Waals surface area contributed by atoms with Crippen molar-refractivity contribution in [2.45, 2.75) is 72.5 Å². The SMILES string of the molecule is CCOC(=O)C(C)(C)Oc1ccc(OCCc2nc(-c3ccccc3)oc2C)cc1.Cc1oc(-c2ccccc2)nc1CCOc1ccc(OC(C)(C)C(=O)O)cc1. The molecule has 2 aromatic heterocycles. The molecule has 12 heteroatoms. The molecule has 0 aliphatic heterocycles. The molecule has 0 saturated heterocycles. The van der Waals surface area contributed by atoms with E-state index >= 15 is 0 Å². The number of carboxylic acid groups (broad SMARTS) is 1. The van der Waals surface area contributed by atoms with Gasteiger partial charge in [0.15, 0.2) is 11.2 Å². The first-order chi connectivity index (χ1) is 27.7. The Kier molecular flexibility index (Phi) is 14.3. The van der Waals surface area contributed by atoms with Gasteiger partial charge in [-0.05, 0) is 121 Å². The second-order valence-corrected chi connectivity index (χ2v) is 14.2. The lowest BCUT2D eigenvalue weighted by Crippen LogP contribution is -2.39. The van der Waals surface area contributed by atoms with Crippen LogP contribution in [0.15, 0.2) is 118 Å². The molecule has 0 aliphatic carbocycles. The Labute approximate surface area is 338 Å². The summed E-state index contributed by atoms with van der Waals surface area (Å²) in [5.74, 6) is 3.80. The lowest BCUT2D eigenvalue weighted by Gasteiger charge is -2.24. The molecule has 6 rings (SSSR count). The topological polar surface area (TPSA) is 153 Å². The van der Waals surface area contributed by atoms with E-state index in [1.165, 1.54) is 13.8 Å². The fraction of sp³-hybridized carbons (Fsp3) is 0.304. The van der Waals surface area contributed by atoms with E-state index < -0.39 is 23.1 Å². The zero-order valence-corrected chi connectivity index (χ0v) is 33.9. The summed E-state index contributed by atoms with van der Waals surface area (Å²) >= 11 is 0. The van der Waals surface area contributed by atoms with E-state index in [1.54, 1.807) is 57.2 Å². The second-order valence-electron chi connectivity index (χ2n) is 14.2. The average Bonchev–Trinajstić information content (AvgIpc) is 3.78. The van der Waals surface area contributed by atoms with E-state index in [4.69, 9.17) is 37.6 Å². The minimum absolute atomic E-state index is 0.316. The maximum Gasteiger partial charge on any atom is 0.349 e. The number of oxazole rings is 2. The van der Waals surface area contributed by atoms with Gasteiger partial charge in [-0.2, -0.15) is 0 Å². The number of ether oxygens (including phenoxy) is 5. The standard InChI is InChI=1S/C24H27NO5.C22H23NO5/c1-5-27-23(26)24(3,4)30-20-13-11-19(12-14-20)28-16-15-21-17(2)29-22(25-21)18-9-7-6-8-10-18;1-15-19(23-20(27-15)16-7-5-4-6-8-16)13-14-26-17-9-11-18(12-10-17)28-22(2,3)21(24)25/h6-14H,5,15-16H2,1-4H3;4-12H,13-14H2,1-3H3,(H,24,25). The number of carboxylic acids is 1. The van der Waals surface area contributed by atoms with Gasteiger partial charge >= 0.3 is 11.9 Å². The van der Waals surface area contributed by atoms with Gasteiger partial charge in [-0.1, -0.05) is 36.4 Å². The fourth-order valence-corrected chi connectivity index (χ4v) is 5.45. The number of nitrogens with zero attached hydrogens (tertiary/aromatic N) is 2. The van der Waals surface area contributed by atoms with Gasteiger partial charge in [0.25, 0.3) is 0 Å². The Morgan fingerprint density at radius 1 is 0.586 bits per heavy atom. The molecule has 0 saturated carbocycles. The molecule has 0 atom stereocenters. The van der Waals surface area contributed by atoms with Crippen LogP contribution in [0.3, 0.4) is 0 Å². The van der Waals surface area contributed by atoms with Crippen molar-refractivity contribution >= 4 is 11.9 Å². The highest BCUT2D eigenvalue weighted by Gasteiger charge is 2.32. The summed E-state index contributed by atoms with van der Waals surface area (Å²) in [6.45, 7) is 13.2. The maximum atomic E-state index is 11.9. The Morgan fingerprint density at radius 2 is 0.966 bits per heavy atom. The van der Waals surface area contributed by atoms with E-state index in [0.29, 0.717) is 67.4 Å². The summed E-state index contributed by atoms with van der Waals surface area (Å²) in [4.78, 5) is 32.2. The average molecular weight is 791 g/mol. The van der Waals surface area contributed by atoms with E-state index in [-0.39, 0.29) is 0 Å². The number of carbonyl (C=O) groups excluding carboxylic acids is 1. The van der Waals surface area contributed by atoms with Gasteiger partial charge in [-0.3, -0.25) is 0 Å². The van der Waals surface area contributed by atoms with Crippen LogP contribution in [0.25, 0.3) is 22.9 Å². The number of aliphatic carboxylic acids is 1. The van der Waals surface area contributed by atoms with Gasteiger partial charge in [-0.15, -0.1) is 0 Å². The van der Waals surface area contributed by atoms with Crippen molar-refractivity contribution in [3.8, 4) is 45.9 Å². The predicted molar refractivity (Wildman–Crippen MR) is 218 cm³/mol. The van der Waals surface area contributed by atoms with Crippen LogP contribution in [0, 0.1) is 13.8 Å². The van der Waals surface area contributed by atoms with Crippen LogP contribution in [-0.4, -0.2) is 58.0 Å². The number of rotatable bonds is 17. The molecule has 0 amide bonds. The minimum atomic E-state index is -1.29. The first kappa shape index (κ1) is 42.6. The van der Waals surface area contributed by atoms with Crippen LogP contribution in [-0.2, 0) is 27.2 Å². The van der Waals surface area contributed by atoms with Crippen molar-refractivity contribution in [3.05, 3.63) is 132 Å². The maximum absolute atomic E-state index is 11.9. The monoisotopic (exact) mass is 790 g/mol. The largest absolute Gasteiger partial charge is 0.493 e. The first-order valence-corrected chi connectivity index (χ1v) is 19.0. The van der Waals surface area contributed by atoms with Crippen LogP contribution < -0.4 is 18.9 Å². The van der Waals surface area contributed by atoms with Gasteiger partial charge in [-0.25, -0.2) is 19.6 Å². The van der Waals surface area contributed by atoms with E-state index in [1.807, 2.05) is 86.6 Å². The van der Waals surface area contributed by atoms with E-state index in [0.717, 1.165) is 34.0 Å². The molecule has 0 aliphatic rings. The summed E-state index contributed by atoms with van der Waals surface area (Å²) in [7, 11) is 0. The molecular formula is C46H50N2O10. The summed E-state index contributed by atoms with van der Waals surface area (Å²) in [6, 6.07) is 33.6. The molecular weight excluding hydrogens is 741 g/mol. The van der Waals surface area contributed by atoms with Crippen molar-refractivity contribution < 1.29 is 47.2 Å². The summed E-state index contributed by atoms with van der Waals surface area (Å²) in [5.41, 5.74) is 1.29. The molecule has 0 radical (unpaired) electrons. The third-order valence-electron chi connectivity index (χ3n) is 8.72. The zero-order valence-electron chi connectivity index (χ0n) is 33.9. The number of aryl methyl sites for hydroxylation is 2. The molecule has 6 aromatic rings. The van der Waals surface area contributed by atoms with Crippen molar-refractivity contribution in [1.29, 1.82) is 0 Å². The van der Waals surface area contributed by atoms with Gasteiger partial charge in [0.2, 0.25) is 11.8 Å². The van der Waals surface area contributed by atoms with Crippen LogP contribution in [0.2, 0.25) is 0 Å². The molecule has 12 nitrogen and oxygen atoms in total. The Morgan fingerprint density at radius 3 is 1.34 bits per heavy atom. The van der Waals surface area contributed by atoms with E-state index in [2.05, 4.69) is 9.97 Å². The number of carbonyl (C=O) groups is 2. The van der Waals surface area contributed by atoms with Gasteiger partial charge < -0.3 is 37.6 Å². The highest BCUT2D eigenvalue weighted by Crippen LogP contribution is 2.26. The Hall–Kier alpha value is -6.56. The van der Waals surface area contributed by atoms with Crippen LogP contribution in [0.4, 0.5) is 0 Å². The quantitative estimate of drug-likeness (QED) is 0.0876. The molecule has 0 fully saturated rings. The zero-order chi connectivity index (χ0) is 41.7. The van der Waals surface area contributed by atoms with Crippen LogP contribution >= 0.6 is 0 Å². The molecule has 4 aromatic carbocycles. The van der Waals surface area contributed by atoms with E-state index in [9.17, 15) is 9.59 Å². The summed E-state index contributed by atoms with van der Waals surface area (Å²) in [6.07, 6.45) is 1.25. The third-order valence-corrected chi connectivity index (χ3v) is 8.72. The summed E-state index contributed by atoms with van der Waals surface area (Å²) in [5, 5.41) is 9.12. The molecule has 2 heterocycles. The smallest absolute Gasteiger partial charge is 0.349 e. The fourth-order valence-electron chi connectivity index (χ4n) is 5.45. The lowest BCUT2D eigenvalue weighted by molar-refractivity contribution is -0.158. The molecule has 0 unspecified atom stereocenters. The molecule has 0 bridgehead atoms. The van der Waals surface area contributed by atoms with Crippen molar-refractivity contribution in [3.63, 3.8) is 0 Å². The number of benzene rings is 4. The van der Waals surface area contributed by atoms with Gasteiger partial charge in [0, 0.05) is 24.0 Å². The third kappa shape index (κ3) is 12.0. The molecule has 1 N–H and O–H groups in total. The summed E-state index contributed by atoms with van der Waals surface area (Å²) < 4.78 is 39.4. The normalized spacial score (nSPS) is 11.2. The van der Waals surface area contributed by atoms with Crippen molar-refractivity contribution in [2.75, 3.05) is 19.8 Å². The van der Waals surface area contributed by atoms with Crippen LogP contribution in [0.5, 0.6) is 23.0 Å². The van der Waals surface area contributed by atoms with Crippen molar-refractivity contribution in [1.82, 2.24) is 9.97 Å². The Balaban J connectivity index is 0.000000221. The molecule has 0 spiro atoms. The van der Waals surface area contributed by atoms with Crippen molar-refractivity contribution in [2.24, 2.45) is 0 Å².